The zero-order valence-corrected chi connectivity index (χ0v) is 9.27. The smallest absolute Gasteiger partial charge is 0.00458 e. The molecule has 1 fully saturated rings. The van der Waals surface area contributed by atoms with Gasteiger partial charge in [-0.25, -0.2) is 0 Å². The number of hydrogen-bond acceptors (Lipinski definition) is 1. The molecule has 0 radical (unpaired) electrons. The van der Waals surface area contributed by atoms with Crippen LogP contribution >= 0.6 is 0 Å². The Morgan fingerprint density at radius 2 is 2.31 bits per heavy atom. The maximum Gasteiger partial charge on any atom is -0.00458 e. The molecule has 1 saturated carbocycles. The van der Waals surface area contributed by atoms with Crippen LogP contribution in [0.4, 0.5) is 0 Å². The van der Waals surface area contributed by atoms with E-state index in [1.807, 2.05) is 0 Å². The molecule has 2 unspecified atom stereocenters. The van der Waals surface area contributed by atoms with Crippen molar-refractivity contribution in [2.24, 2.45) is 17.6 Å². The summed E-state index contributed by atoms with van der Waals surface area (Å²) in [6.07, 6.45) is 5.28. The molecule has 1 aliphatic rings. The van der Waals surface area contributed by atoms with Crippen LogP contribution in [0.25, 0.3) is 0 Å². The molecule has 1 nitrogen and oxygen atoms in total. The van der Waals surface area contributed by atoms with Gasteiger partial charge in [-0.3, -0.25) is 0 Å². The van der Waals surface area contributed by atoms with Crippen LogP contribution in [0.3, 0.4) is 0 Å². The summed E-state index contributed by atoms with van der Waals surface area (Å²) in [5.74, 6) is 1.48. The summed E-state index contributed by atoms with van der Waals surface area (Å²) in [6, 6.07) is 0. The number of hydrogen-bond donors (Lipinski definition) is 1. The highest BCUT2D eigenvalue weighted by Crippen LogP contribution is 2.38. The maximum absolute atomic E-state index is 5.73. The van der Waals surface area contributed by atoms with Gasteiger partial charge in [-0.2, -0.15) is 0 Å². The minimum absolute atomic E-state index is 0.680. The minimum Gasteiger partial charge on any atom is -0.330 e. The molecule has 0 aromatic rings. The van der Waals surface area contributed by atoms with Crippen LogP contribution in [-0.4, -0.2) is 6.54 Å². The predicted molar refractivity (Wildman–Crippen MR) is 58.6 cm³/mol. The fourth-order valence-corrected chi connectivity index (χ4v) is 2.42. The van der Waals surface area contributed by atoms with E-state index in [0.29, 0.717) is 5.92 Å². The Labute approximate surface area is 82.4 Å². The molecule has 1 rings (SSSR count). The van der Waals surface area contributed by atoms with Gasteiger partial charge in [0.25, 0.3) is 0 Å². The first-order valence-electron chi connectivity index (χ1n) is 5.59. The molecule has 0 amide bonds. The molecule has 0 aromatic heterocycles. The highest BCUT2D eigenvalue weighted by atomic mass is 14.6. The Balaban J connectivity index is 2.74. The van der Waals surface area contributed by atoms with Gasteiger partial charge in [0, 0.05) is 0 Å². The van der Waals surface area contributed by atoms with Crippen molar-refractivity contribution in [1.29, 1.82) is 0 Å². The molecule has 0 aliphatic heterocycles. The number of allylic oxidation sites excluding steroid dienone is 2. The summed E-state index contributed by atoms with van der Waals surface area (Å²) in [5.41, 5.74) is 9.07. The molecule has 2 atom stereocenters. The second-order valence-corrected chi connectivity index (χ2v) is 4.37. The van der Waals surface area contributed by atoms with Crippen LogP contribution in [0.5, 0.6) is 0 Å². The van der Waals surface area contributed by atoms with E-state index < -0.39 is 0 Å². The predicted octanol–water partition coefficient (Wildman–Crippen LogP) is 3.11. The summed E-state index contributed by atoms with van der Waals surface area (Å²) in [7, 11) is 0. The lowest BCUT2D eigenvalue weighted by atomic mass is 9.86. The Bertz CT molecular complexity index is 193. The van der Waals surface area contributed by atoms with Crippen molar-refractivity contribution in [3.63, 3.8) is 0 Å². The van der Waals surface area contributed by atoms with E-state index in [4.69, 9.17) is 5.73 Å². The third kappa shape index (κ3) is 2.34. The van der Waals surface area contributed by atoms with Gasteiger partial charge in [0.15, 0.2) is 0 Å². The fourth-order valence-electron chi connectivity index (χ4n) is 2.42. The summed E-state index contributed by atoms with van der Waals surface area (Å²) < 4.78 is 0. The van der Waals surface area contributed by atoms with Crippen molar-refractivity contribution >= 4 is 0 Å². The number of rotatable bonds is 3. The SMILES string of the molecule is CC/C(C)=C1/CCCC1C(C)CN. The Hall–Kier alpha value is -0.300. The van der Waals surface area contributed by atoms with Gasteiger partial charge in [-0.15, -0.1) is 0 Å². The normalized spacial score (nSPS) is 29.1. The van der Waals surface area contributed by atoms with Crippen LogP contribution in [0.2, 0.25) is 0 Å². The van der Waals surface area contributed by atoms with Crippen LogP contribution in [0.1, 0.15) is 46.5 Å². The molecule has 0 saturated heterocycles. The van der Waals surface area contributed by atoms with Gasteiger partial charge in [0.2, 0.25) is 0 Å². The third-order valence-corrected chi connectivity index (χ3v) is 3.55. The first-order chi connectivity index (χ1) is 6.20. The molecule has 0 bridgehead atoms. The minimum atomic E-state index is 0.680. The van der Waals surface area contributed by atoms with Gasteiger partial charge in [0.05, 0.1) is 0 Å². The monoisotopic (exact) mass is 181 g/mol. The third-order valence-electron chi connectivity index (χ3n) is 3.55. The molecular weight excluding hydrogens is 158 g/mol. The largest absolute Gasteiger partial charge is 0.330 e. The Morgan fingerprint density at radius 3 is 2.85 bits per heavy atom. The molecule has 76 valence electrons. The summed E-state index contributed by atoms with van der Waals surface area (Å²) in [5, 5.41) is 0. The van der Waals surface area contributed by atoms with Crippen molar-refractivity contribution in [1.82, 2.24) is 0 Å². The lowest BCUT2D eigenvalue weighted by Crippen LogP contribution is -2.20. The Morgan fingerprint density at radius 1 is 1.62 bits per heavy atom. The van der Waals surface area contributed by atoms with E-state index in [1.165, 1.54) is 25.7 Å². The average molecular weight is 181 g/mol. The van der Waals surface area contributed by atoms with Crippen LogP contribution in [-0.2, 0) is 0 Å². The first-order valence-corrected chi connectivity index (χ1v) is 5.59. The van der Waals surface area contributed by atoms with Gasteiger partial charge in [-0.05, 0) is 51.0 Å². The molecule has 0 heterocycles. The van der Waals surface area contributed by atoms with Crippen molar-refractivity contribution < 1.29 is 0 Å². The van der Waals surface area contributed by atoms with Crippen LogP contribution in [0.15, 0.2) is 11.1 Å². The van der Waals surface area contributed by atoms with Gasteiger partial charge in [0.1, 0.15) is 0 Å². The maximum atomic E-state index is 5.73. The molecule has 2 N–H and O–H groups in total. The highest BCUT2D eigenvalue weighted by Gasteiger charge is 2.26. The van der Waals surface area contributed by atoms with E-state index in [0.717, 1.165) is 12.5 Å². The lowest BCUT2D eigenvalue weighted by Gasteiger charge is -2.20. The van der Waals surface area contributed by atoms with Gasteiger partial charge in [-0.1, -0.05) is 25.0 Å². The topological polar surface area (TPSA) is 26.0 Å². The van der Waals surface area contributed by atoms with E-state index in [2.05, 4.69) is 20.8 Å². The van der Waals surface area contributed by atoms with Crippen molar-refractivity contribution in [2.75, 3.05) is 6.54 Å². The first kappa shape index (κ1) is 10.8. The Kier molecular flexibility index (Phi) is 3.98. The second kappa shape index (κ2) is 4.80. The summed E-state index contributed by atoms with van der Waals surface area (Å²) in [4.78, 5) is 0. The summed E-state index contributed by atoms with van der Waals surface area (Å²) in [6.45, 7) is 7.67. The summed E-state index contributed by atoms with van der Waals surface area (Å²) >= 11 is 0. The molecule has 1 aliphatic carbocycles. The highest BCUT2D eigenvalue weighted by molar-refractivity contribution is 5.19. The molecule has 1 heteroatoms. The second-order valence-electron chi connectivity index (χ2n) is 4.37. The van der Waals surface area contributed by atoms with Crippen molar-refractivity contribution in [3.05, 3.63) is 11.1 Å². The van der Waals surface area contributed by atoms with Crippen LogP contribution in [0, 0.1) is 11.8 Å². The average Bonchev–Trinajstić information content (AvgIpc) is 2.63. The van der Waals surface area contributed by atoms with Crippen molar-refractivity contribution in [2.45, 2.75) is 46.5 Å². The zero-order chi connectivity index (χ0) is 9.84. The molecule has 13 heavy (non-hydrogen) atoms. The van der Waals surface area contributed by atoms with E-state index in [1.54, 1.807) is 11.1 Å². The fraction of sp³-hybridized carbons (Fsp3) is 0.833. The number of nitrogens with two attached hydrogens (primary N) is 1. The quantitative estimate of drug-likeness (QED) is 0.665. The van der Waals surface area contributed by atoms with Gasteiger partial charge >= 0.3 is 0 Å². The molecule has 0 spiro atoms. The zero-order valence-electron chi connectivity index (χ0n) is 9.27. The van der Waals surface area contributed by atoms with Crippen LogP contribution < -0.4 is 5.73 Å². The molecular formula is C12H23N. The van der Waals surface area contributed by atoms with E-state index >= 15 is 0 Å². The standard InChI is InChI=1S/C12H23N/c1-4-9(2)11-6-5-7-12(11)10(3)8-13/h10,12H,4-8,13H2,1-3H3/b11-9-. The molecule has 0 aromatic carbocycles. The lowest BCUT2D eigenvalue weighted by molar-refractivity contribution is 0.424. The van der Waals surface area contributed by atoms with Crippen molar-refractivity contribution in [3.8, 4) is 0 Å². The van der Waals surface area contributed by atoms with Gasteiger partial charge < -0.3 is 5.73 Å². The van der Waals surface area contributed by atoms with E-state index in [-0.39, 0.29) is 0 Å². The van der Waals surface area contributed by atoms with E-state index in [9.17, 15) is 0 Å².